The zero-order chi connectivity index (χ0) is 19.9. The Morgan fingerprint density at radius 2 is 2.04 bits per heavy atom. The van der Waals surface area contributed by atoms with E-state index in [0.29, 0.717) is 30.2 Å². The lowest BCUT2D eigenvalue weighted by atomic mass is 10.2. The summed E-state index contributed by atoms with van der Waals surface area (Å²) >= 11 is 1.56. The summed E-state index contributed by atoms with van der Waals surface area (Å²) in [5.41, 5.74) is 1.14. The lowest BCUT2D eigenvalue weighted by molar-refractivity contribution is -0.116. The van der Waals surface area contributed by atoms with Crippen molar-refractivity contribution in [1.29, 1.82) is 0 Å². The van der Waals surface area contributed by atoms with Crippen molar-refractivity contribution in [3.05, 3.63) is 58.2 Å². The molecule has 7 nitrogen and oxygen atoms in total. The fourth-order valence-corrected chi connectivity index (χ4v) is 3.36. The molecule has 1 amide bonds. The monoisotopic (exact) mass is 399 g/mol. The summed E-state index contributed by atoms with van der Waals surface area (Å²) in [6, 6.07) is 12.3. The number of rotatable bonds is 8. The number of carbonyl (C=O) groups excluding carboxylic acids is 1. The fraction of sp³-hybridized carbons (Fsp3) is 0.250. The highest BCUT2D eigenvalue weighted by molar-refractivity contribution is 7.13. The van der Waals surface area contributed by atoms with Gasteiger partial charge in [-0.1, -0.05) is 6.07 Å². The third-order valence-electron chi connectivity index (χ3n) is 4.10. The predicted molar refractivity (Wildman–Crippen MR) is 109 cm³/mol. The molecule has 1 aromatic carbocycles. The molecule has 0 atom stereocenters. The molecule has 3 aromatic rings. The van der Waals surface area contributed by atoms with Crippen LogP contribution in [0.3, 0.4) is 0 Å². The van der Waals surface area contributed by atoms with Gasteiger partial charge in [0.25, 0.3) is 5.56 Å². The molecule has 0 saturated heterocycles. The van der Waals surface area contributed by atoms with E-state index in [-0.39, 0.29) is 17.9 Å². The van der Waals surface area contributed by atoms with E-state index in [1.807, 2.05) is 17.5 Å². The van der Waals surface area contributed by atoms with Gasteiger partial charge < -0.3 is 14.8 Å². The molecule has 3 rings (SSSR count). The molecule has 1 N–H and O–H groups in total. The van der Waals surface area contributed by atoms with Gasteiger partial charge in [-0.3, -0.25) is 9.59 Å². The van der Waals surface area contributed by atoms with Gasteiger partial charge in [0.2, 0.25) is 5.91 Å². The van der Waals surface area contributed by atoms with Crippen molar-refractivity contribution in [2.45, 2.75) is 19.4 Å². The molecule has 0 spiro atoms. The maximum atomic E-state index is 12.3. The summed E-state index contributed by atoms with van der Waals surface area (Å²) in [7, 11) is 3.10. The van der Waals surface area contributed by atoms with Gasteiger partial charge in [0.1, 0.15) is 17.2 Å². The number of benzene rings is 1. The van der Waals surface area contributed by atoms with Gasteiger partial charge >= 0.3 is 0 Å². The highest BCUT2D eigenvalue weighted by Gasteiger charge is 2.10. The average Bonchev–Trinajstić information content (AvgIpc) is 3.24. The summed E-state index contributed by atoms with van der Waals surface area (Å²) in [6.45, 7) is 0.366. The molecule has 8 heteroatoms. The number of anilines is 1. The zero-order valence-electron chi connectivity index (χ0n) is 15.7. The smallest absolute Gasteiger partial charge is 0.266 e. The average molecular weight is 399 g/mol. The van der Waals surface area contributed by atoms with Crippen molar-refractivity contribution in [2.75, 3.05) is 19.5 Å². The van der Waals surface area contributed by atoms with E-state index < -0.39 is 0 Å². The highest BCUT2D eigenvalue weighted by Crippen LogP contribution is 2.29. The Morgan fingerprint density at radius 3 is 2.75 bits per heavy atom. The molecular weight excluding hydrogens is 378 g/mol. The summed E-state index contributed by atoms with van der Waals surface area (Å²) in [5, 5.41) is 9.18. The third-order valence-corrected chi connectivity index (χ3v) is 4.99. The molecule has 2 aromatic heterocycles. The van der Waals surface area contributed by atoms with Crippen molar-refractivity contribution in [1.82, 2.24) is 9.78 Å². The largest absolute Gasteiger partial charge is 0.497 e. The number of nitrogens with one attached hydrogen (secondary N) is 1. The molecule has 2 heterocycles. The first kappa shape index (κ1) is 19.6. The second-order valence-electron chi connectivity index (χ2n) is 5.98. The number of carbonyl (C=O) groups is 1. The first-order chi connectivity index (χ1) is 13.6. The Bertz CT molecular complexity index is 999. The van der Waals surface area contributed by atoms with Crippen molar-refractivity contribution in [3.63, 3.8) is 0 Å². The maximum Gasteiger partial charge on any atom is 0.266 e. The molecule has 28 heavy (non-hydrogen) atoms. The van der Waals surface area contributed by atoms with E-state index >= 15 is 0 Å². The topological polar surface area (TPSA) is 82.5 Å². The third kappa shape index (κ3) is 4.77. The molecule has 0 fully saturated rings. The minimum Gasteiger partial charge on any atom is -0.497 e. The van der Waals surface area contributed by atoms with Crippen LogP contribution in [-0.2, 0) is 11.3 Å². The number of amides is 1. The molecule has 0 aliphatic rings. The first-order valence-corrected chi connectivity index (χ1v) is 9.62. The van der Waals surface area contributed by atoms with Crippen LogP contribution in [0.2, 0.25) is 0 Å². The predicted octanol–water partition coefficient (Wildman–Crippen LogP) is 3.41. The summed E-state index contributed by atoms with van der Waals surface area (Å²) < 4.78 is 11.8. The Kier molecular flexibility index (Phi) is 6.44. The number of nitrogens with zero attached hydrogens (tertiary/aromatic N) is 2. The van der Waals surface area contributed by atoms with Crippen LogP contribution < -0.4 is 20.3 Å². The molecule has 0 bridgehead atoms. The SMILES string of the molecule is COc1ccc(NC(=O)CCCn2nc(-c3cccs3)ccc2=O)c(OC)c1. The van der Waals surface area contributed by atoms with Gasteiger partial charge in [-0.2, -0.15) is 5.10 Å². The minimum atomic E-state index is -0.183. The first-order valence-electron chi connectivity index (χ1n) is 8.74. The normalized spacial score (nSPS) is 10.5. The standard InChI is InChI=1S/C20H21N3O4S/c1-26-14-7-8-15(17(13-14)27-2)21-19(24)6-3-11-23-20(25)10-9-16(22-23)18-5-4-12-28-18/h4-5,7-10,12-13H,3,6,11H2,1-2H3,(H,21,24). The molecule has 0 aliphatic heterocycles. The second-order valence-corrected chi connectivity index (χ2v) is 6.92. The number of methoxy groups -OCH3 is 2. The van der Waals surface area contributed by atoms with Crippen LogP contribution in [0.1, 0.15) is 12.8 Å². The summed E-state index contributed by atoms with van der Waals surface area (Å²) in [6.07, 6.45) is 0.748. The number of ether oxygens (including phenoxy) is 2. The summed E-state index contributed by atoms with van der Waals surface area (Å²) in [4.78, 5) is 25.3. The molecular formula is C20H21N3O4S. The lowest BCUT2D eigenvalue weighted by Gasteiger charge is -2.12. The van der Waals surface area contributed by atoms with E-state index in [4.69, 9.17) is 9.47 Å². The van der Waals surface area contributed by atoms with Gasteiger partial charge in [-0.05, 0) is 36.1 Å². The number of aryl methyl sites for hydroxylation is 1. The molecule has 0 aliphatic carbocycles. The van der Waals surface area contributed by atoms with E-state index in [9.17, 15) is 9.59 Å². The van der Waals surface area contributed by atoms with E-state index in [1.165, 1.54) is 17.9 Å². The van der Waals surface area contributed by atoms with Crippen molar-refractivity contribution < 1.29 is 14.3 Å². The number of aromatic nitrogens is 2. The van der Waals surface area contributed by atoms with E-state index in [0.717, 1.165) is 10.6 Å². The zero-order valence-corrected chi connectivity index (χ0v) is 16.5. The van der Waals surface area contributed by atoms with Gasteiger partial charge in [-0.15, -0.1) is 11.3 Å². The van der Waals surface area contributed by atoms with E-state index in [2.05, 4.69) is 10.4 Å². The number of thiophene rings is 1. The van der Waals surface area contributed by atoms with Crippen LogP contribution in [0.4, 0.5) is 5.69 Å². The van der Waals surface area contributed by atoms with Gasteiger partial charge in [0, 0.05) is 25.1 Å². The lowest BCUT2D eigenvalue weighted by Crippen LogP contribution is -2.23. The highest BCUT2D eigenvalue weighted by atomic mass is 32.1. The van der Waals surface area contributed by atoms with Crippen LogP contribution >= 0.6 is 11.3 Å². The molecule has 0 saturated carbocycles. The molecule has 0 unspecified atom stereocenters. The Labute approximate surface area is 166 Å². The van der Waals surface area contributed by atoms with Crippen molar-refractivity contribution >= 4 is 22.9 Å². The van der Waals surface area contributed by atoms with Gasteiger partial charge in [0.15, 0.2) is 0 Å². The van der Waals surface area contributed by atoms with Crippen LogP contribution in [0, 0.1) is 0 Å². The van der Waals surface area contributed by atoms with E-state index in [1.54, 1.807) is 42.7 Å². The van der Waals surface area contributed by atoms with Crippen LogP contribution in [-0.4, -0.2) is 29.9 Å². The Morgan fingerprint density at radius 1 is 1.18 bits per heavy atom. The Hall–Kier alpha value is -3.13. The van der Waals surface area contributed by atoms with Gasteiger partial charge in [-0.25, -0.2) is 4.68 Å². The van der Waals surface area contributed by atoms with Crippen LogP contribution in [0.15, 0.2) is 52.6 Å². The van der Waals surface area contributed by atoms with Crippen molar-refractivity contribution in [2.24, 2.45) is 0 Å². The Balaban J connectivity index is 1.59. The molecule has 146 valence electrons. The number of hydrogen-bond acceptors (Lipinski definition) is 6. The van der Waals surface area contributed by atoms with Gasteiger partial charge in [0.05, 0.1) is 24.8 Å². The summed E-state index contributed by atoms with van der Waals surface area (Å²) in [5.74, 6) is 1.01. The van der Waals surface area contributed by atoms with Crippen molar-refractivity contribution in [3.8, 4) is 22.1 Å². The minimum absolute atomic E-state index is 0.161. The molecule has 0 radical (unpaired) electrons. The quantitative estimate of drug-likeness (QED) is 0.628. The van der Waals surface area contributed by atoms with Crippen LogP contribution in [0.5, 0.6) is 11.5 Å². The number of hydrogen-bond donors (Lipinski definition) is 1. The fourth-order valence-electron chi connectivity index (χ4n) is 2.67. The second kappa shape index (κ2) is 9.18. The maximum absolute atomic E-state index is 12.3. The van der Waals surface area contributed by atoms with Crippen LogP contribution in [0.25, 0.3) is 10.6 Å².